The molecule has 0 atom stereocenters. The molecule has 0 unspecified atom stereocenters. The van der Waals surface area contributed by atoms with Gasteiger partial charge in [0.2, 0.25) is 0 Å². The van der Waals surface area contributed by atoms with Gasteiger partial charge in [-0.1, -0.05) is 0 Å². The molecule has 0 spiro atoms. The third-order valence-electron chi connectivity index (χ3n) is 1.43. The summed E-state index contributed by atoms with van der Waals surface area (Å²) in [6.45, 7) is 2.80. The third kappa shape index (κ3) is 1.34. The van der Waals surface area contributed by atoms with E-state index in [1.807, 2.05) is 6.54 Å². The van der Waals surface area contributed by atoms with Crippen LogP contribution in [0, 0.1) is 6.54 Å². The van der Waals surface area contributed by atoms with E-state index in [4.69, 9.17) is 0 Å². The molecule has 1 heterocycles. The summed E-state index contributed by atoms with van der Waals surface area (Å²) in [5.41, 5.74) is 0. The highest BCUT2D eigenvalue weighted by Gasteiger charge is 2.15. The second-order valence-electron chi connectivity index (χ2n) is 2.07. The summed E-state index contributed by atoms with van der Waals surface area (Å²) < 4.78 is 0. The molecule has 1 N–H and O–H groups in total. The molecule has 3 nitrogen and oxygen atoms in total. The number of likely N-dealkylation sites (tertiary alicyclic amines) is 1. The van der Waals surface area contributed by atoms with E-state index in [1.165, 1.54) is 0 Å². The van der Waals surface area contributed by atoms with Crippen LogP contribution in [-0.2, 0) is 0 Å². The molecule has 2 amide bonds. The molecule has 1 aliphatic rings. The zero-order chi connectivity index (χ0) is 6.69. The fourth-order valence-corrected chi connectivity index (χ4v) is 0.928. The summed E-state index contributed by atoms with van der Waals surface area (Å²) in [5, 5.41) is 2.56. The van der Waals surface area contributed by atoms with E-state index in [0.29, 0.717) is 0 Å². The van der Waals surface area contributed by atoms with Gasteiger partial charge in [-0.15, -0.1) is 0 Å². The van der Waals surface area contributed by atoms with Gasteiger partial charge in [0.05, 0.1) is 6.54 Å². The van der Waals surface area contributed by atoms with Gasteiger partial charge in [0.25, 0.3) is 0 Å². The van der Waals surface area contributed by atoms with Gasteiger partial charge in [-0.3, -0.25) is 0 Å². The highest BCUT2D eigenvalue weighted by atomic mass is 16.2. The molecule has 0 bridgehead atoms. The SMILES string of the molecule is CNC(=O)N1[CH]CCC1. The second kappa shape index (κ2) is 2.71. The monoisotopic (exact) mass is 127 g/mol. The van der Waals surface area contributed by atoms with Crippen molar-refractivity contribution in [1.82, 2.24) is 10.2 Å². The van der Waals surface area contributed by atoms with Crippen LogP contribution in [-0.4, -0.2) is 24.5 Å². The van der Waals surface area contributed by atoms with E-state index in [1.54, 1.807) is 11.9 Å². The van der Waals surface area contributed by atoms with Crippen LogP contribution in [0.5, 0.6) is 0 Å². The predicted molar refractivity (Wildman–Crippen MR) is 34.7 cm³/mol. The zero-order valence-electron chi connectivity index (χ0n) is 5.55. The minimum Gasteiger partial charge on any atom is -0.341 e. The van der Waals surface area contributed by atoms with Crippen molar-refractivity contribution in [3.05, 3.63) is 6.54 Å². The lowest BCUT2D eigenvalue weighted by atomic mass is 10.4. The van der Waals surface area contributed by atoms with Crippen LogP contribution >= 0.6 is 0 Å². The molecule has 1 saturated heterocycles. The number of nitrogens with zero attached hydrogens (tertiary/aromatic N) is 1. The number of carbonyl (C=O) groups excluding carboxylic acids is 1. The lowest BCUT2D eigenvalue weighted by Gasteiger charge is -2.12. The van der Waals surface area contributed by atoms with Gasteiger partial charge in [0.1, 0.15) is 0 Å². The van der Waals surface area contributed by atoms with E-state index in [0.717, 1.165) is 19.4 Å². The molecule has 51 valence electrons. The second-order valence-corrected chi connectivity index (χ2v) is 2.07. The van der Waals surface area contributed by atoms with Gasteiger partial charge in [0, 0.05) is 13.6 Å². The molecule has 0 aromatic rings. The summed E-state index contributed by atoms with van der Waals surface area (Å²) in [6.07, 6.45) is 2.14. The van der Waals surface area contributed by atoms with Crippen LogP contribution in [0.1, 0.15) is 12.8 Å². The number of urea groups is 1. The largest absolute Gasteiger partial charge is 0.341 e. The minimum atomic E-state index is 0.00694. The summed E-state index contributed by atoms with van der Waals surface area (Å²) in [4.78, 5) is 12.5. The van der Waals surface area contributed by atoms with Gasteiger partial charge in [-0.2, -0.15) is 0 Å². The topological polar surface area (TPSA) is 32.3 Å². The molecule has 0 aromatic heterocycles. The first-order chi connectivity index (χ1) is 4.34. The zero-order valence-corrected chi connectivity index (χ0v) is 5.55. The lowest BCUT2D eigenvalue weighted by molar-refractivity contribution is 0.218. The van der Waals surface area contributed by atoms with Crippen molar-refractivity contribution >= 4 is 6.03 Å². The number of carbonyl (C=O) groups is 1. The third-order valence-corrected chi connectivity index (χ3v) is 1.43. The molecule has 0 saturated carbocycles. The average molecular weight is 127 g/mol. The van der Waals surface area contributed by atoms with Gasteiger partial charge in [-0.05, 0) is 12.8 Å². The Labute approximate surface area is 55.0 Å². The van der Waals surface area contributed by atoms with Gasteiger partial charge < -0.3 is 10.2 Å². The van der Waals surface area contributed by atoms with E-state index < -0.39 is 0 Å². The van der Waals surface area contributed by atoms with Crippen molar-refractivity contribution in [3.8, 4) is 0 Å². The summed E-state index contributed by atoms with van der Waals surface area (Å²) in [5.74, 6) is 0. The van der Waals surface area contributed by atoms with Crippen LogP contribution in [0.15, 0.2) is 0 Å². The Morgan fingerprint density at radius 2 is 2.56 bits per heavy atom. The lowest BCUT2D eigenvalue weighted by Crippen LogP contribution is -2.33. The van der Waals surface area contributed by atoms with E-state index in [9.17, 15) is 4.79 Å². The smallest absolute Gasteiger partial charge is 0.317 e. The number of nitrogens with one attached hydrogen (secondary N) is 1. The van der Waals surface area contributed by atoms with Gasteiger partial charge in [-0.25, -0.2) is 4.79 Å². The maximum absolute atomic E-state index is 10.8. The molecule has 1 radical (unpaired) electrons. The Bertz CT molecular complexity index is 108. The van der Waals surface area contributed by atoms with Crippen LogP contribution in [0.2, 0.25) is 0 Å². The fraction of sp³-hybridized carbons (Fsp3) is 0.667. The van der Waals surface area contributed by atoms with Crippen molar-refractivity contribution < 1.29 is 4.79 Å². The van der Waals surface area contributed by atoms with E-state index >= 15 is 0 Å². The molecular weight excluding hydrogens is 116 g/mol. The highest BCUT2D eigenvalue weighted by molar-refractivity contribution is 5.74. The summed E-state index contributed by atoms with van der Waals surface area (Å²) >= 11 is 0. The molecular formula is C6H11N2O. The van der Waals surface area contributed by atoms with Crippen LogP contribution in [0.25, 0.3) is 0 Å². The van der Waals surface area contributed by atoms with E-state index in [-0.39, 0.29) is 6.03 Å². The quantitative estimate of drug-likeness (QED) is 0.507. The number of hydrogen-bond acceptors (Lipinski definition) is 1. The van der Waals surface area contributed by atoms with Gasteiger partial charge in [0.15, 0.2) is 0 Å². The van der Waals surface area contributed by atoms with Crippen LogP contribution in [0.4, 0.5) is 4.79 Å². The number of hydrogen-bond donors (Lipinski definition) is 1. The first-order valence-electron chi connectivity index (χ1n) is 3.16. The standard InChI is InChI=1S/C6H11N2O/c1-7-6(9)8-4-2-3-5-8/h4H,2-3,5H2,1H3,(H,7,9). The maximum Gasteiger partial charge on any atom is 0.317 e. The Balaban J connectivity index is 2.32. The Morgan fingerprint density at radius 1 is 1.78 bits per heavy atom. The first-order valence-corrected chi connectivity index (χ1v) is 3.16. The van der Waals surface area contributed by atoms with E-state index in [2.05, 4.69) is 5.32 Å². The average Bonchev–Trinajstić information content (AvgIpc) is 2.37. The molecule has 3 heteroatoms. The van der Waals surface area contributed by atoms with Crippen LogP contribution in [0.3, 0.4) is 0 Å². The summed E-state index contributed by atoms with van der Waals surface area (Å²) in [6, 6.07) is 0.00694. The normalized spacial score (nSPS) is 18.1. The Hall–Kier alpha value is -0.730. The number of amides is 2. The highest BCUT2D eigenvalue weighted by Crippen LogP contribution is 2.10. The fourth-order valence-electron chi connectivity index (χ4n) is 0.928. The minimum absolute atomic E-state index is 0.00694. The van der Waals surface area contributed by atoms with Crippen molar-refractivity contribution in [2.24, 2.45) is 0 Å². The molecule has 1 fully saturated rings. The molecule has 1 aliphatic heterocycles. The van der Waals surface area contributed by atoms with Crippen LogP contribution < -0.4 is 5.32 Å². The van der Waals surface area contributed by atoms with Gasteiger partial charge >= 0.3 is 6.03 Å². The maximum atomic E-state index is 10.8. The molecule has 0 aliphatic carbocycles. The Morgan fingerprint density at radius 3 is 3.00 bits per heavy atom. The molecule has 9 heavy (non-hydrogen) atoms. The van der Waals surface area contributed by atoms with Crippen molar-refractivity contribution in [2.75, 3.05) is 13.6 Å². The number of rotatable bonds is 0. The first kappa shape index (κ1) is 6.39. The predicted octanol–water partition coefficient (Wildman–Crippen LogP) is 0.583. The van der Waals surface area contributed by atoms with Crippen molar-refractivity contribution in [2.45, 2.75) is 12.8 Å². The molecule has 0 aromatic carbocycles. The summed E-state index contributed by atoms with van der Waals surface area (Å²) in [7, 11) is 1.65. The van der Waals surface area contributed by atoms with Crippen molar-refractivity contribution in [3.63, 3.8) is 0 Å². The Kier molecular flexibility index (Phi) is 1.92. The van der Waals surface area contributed by atoms with Crippen molar-refractivity contribution in [1.29, 1.82) is 0 Å². The molecule has 1 rings (SSSR count).